The zero-order valence-electron chi connectivity index (χ0n) is 14.2. The lowest BCUT2D eigenvalue weighted by Gasteiger charge is -2.07. The lowest BCUT2D eigenvalue weighted by molar-refractivity contribution is -0.124. The fourth-order valence-corrected chi connectivity index (χ4v) is 2.61. The summed E-state index contributed by atoms with van der Waals surface area (Å²) in [6, 6.07) is 13.4. The van der Waals surface area contributed by atoms with Crippen LogP contribution >= 0.6 is 22.6 Å². The quantitative estimate of drug-likeness (QED) is 0.401. The van der Waals surface area contributed by atoms with Gasteiger partial charge in [-0.1, -0.05) is 24.3 Å². The van der Waals surface area contributed by atoms with E-state index in [4.69, 9.17) is 0 Å². The fourth-order valence-electron chi connectivity index (χ4n) is 2.08. The first kappa shape index (κ1) is 19.1. The molecule has 0 unspecified atom stereocenters. The summed E-state index contributed by atoms with van der Waals surface area (Å²) in [4.78, 5) is 23.7. The second kappa shape index (κ2) is 9.31. The number of benzene rings is 2. The molecular weight excluding hydrogens is 429 g/mol. The molecule has 2 rings (SSSR count). The fraction of sp³-hybridized carbons (Fsp3) is 0.211. The van der Waals surface area contributed by atoms with Gasteiger partial charge >= 0.3 is 0 Å². The Kier molecular flexibility index (Phi) is 7.12. The Labute approximate surface area is 161 Å². The number of nitrogens with one attached hydrogen (secondary N) is 2. The molecule has 5 nitrogen and oxygen atoms in total. The van der Waals surface area contributed by atoms with Gasteiger partial charge in [0, 0.05) is 27.7 Å². The summed E-state index contributed by atoms with van der Waals surface area (Å²) in [5.41, 5.74) is 6.39. The van der Waals surface area contributed by atoms with Crippen molar-refractivity contribution in [2.24, 2.45) is 5.10 Å². The van der Waals surface area contributed by atoms with Crippen molar-refractivity contribution in [2.75, 3.05) is 5.32 Å². The molecule has 25 heavy (non-hydrogen) atoms. The zero-order valence-corrected chi connectivity index (χ0v) is 16.3. The summed E-state index contributed by atoms with van der Waals surface area (Å²) >= 11 is 2.20. The minimum absolute atomic E-state index is 0.0832. The highest BCUT2D eigenvalue weighted by Gasteiger charge is 2.07. The summed E-state index contributed by atoms with van der Waals surface area (Å²) in [6.45, 7) is 4.01. The first-order valence-corrected chi connectivity index (χ1v) is 8.97. The lowest BCUT2D eigenvalue weighted by Crippen LogP contribution is -2.20. The van der Waals surface area contributed by atoms with Crippen LogP contribution in [-0.2, 0) is 9.59 Å². The SMILES string of the molecule is Cc1ccc(NC(=O)CCC(=O)N/N=C/c2ccccc2I)cc1C. The van der Waals surface area contributed by atoms with Crippen LogP contribution in [0.3, 0.4) is 0 Å². The van der Waals surface area contributed by atoms with Crippen LogP contribution in [0.25, 0.3) is 0 Å². The molecule has 0 saturated carbocycles. The molecule has 0 saturated heterocycles. The molecule has 0 bridgehead atoms. The molecule has 0 aliphatic carbocycles. The van der Waals surface area contributed by atoms with Crippen molar-refractivity contribution in [1.82, 2.24) is 5.43 Å². The standard InChI is InChI=1S/C19H20IN3O2/c1-13-7-8-16(11-14(13)2)22-18(24)9-10-19(25)23-21-12-15-5-3-4-6-17(15)20/h3-8,11-12H,9-10H2,1-2H3,(H,22,24)(H,23,25)/b21-12+. The number of carbonyl (C=O) groups excluding carboxylic acids is 2. The summed E-state index contributed by atoms with van der Waals surface area (Å²) in [6.07, 6.45) is 1.78. The number of nitrogens with zero attached hydrogens (tertiary/aromatic N) is 1. The van der Waals surface area contributed by atoms with Gasteiger partial charge in [-0.3, -0.25) is 9.59 Å². The van der Waals surface area contributed by atoms with Gasteiger partial charge in [0.25, 0.3) is 0 Å². The van der Waals surface area contributed by atoms with E-state index in [9.17, 15) is 9.59 Å². The van der Waals surface area contributed by atoms with Gasteiger partial charge in [0.15, 0.2) is 0 Å². The van der Waals surface area contributed by atoms with Gasteiger partial charge in [0.1, 0.15) is 0 Å². The molecule has 0 aromatic heterocycles. The lowest BCUT2D eigenvalue weighted by atomic mass is 10.1. The van der Waals surface area contributed by atoms with E-state index in [1.165, 1.54) is 5.56 Å². The van der Waals surface area contributed by atoms with Crippen LogP contribution in [-0.4, -0.2) is 18.0 Å². The Hall–Kier alpha value is -2.22. The Morgan fingerprint density at radius 2 is 1.76 bits per heavy atom. The van der Waals surface area contributed by atoms with E-state index in [1.54, 1.807) is 6.21 Å². The largest absolute Gasteiger partial charge is 0.326 e. The smallest absolute Gasteiger partial charge is 0.240 e. The molecule has 130 valence electrons. The Bertz CT molecular complexity index is 803. The van der Waals surface area contributed by atoms with E-state index in [-0.39, 0.29) is 24.7 Å². The van der Waals surface area contributed by atoms with E-state index in [0.29, 0.717) is 0 Å². The van der Waals surface area contributed by atoms with Crippen molar-refractivity contribution in [3.8, 4) is 0 Å². The van der Waals surface area contributed by atoms with Gasteiger partial charge in [-0.15, -0.1) is 0 Å². The molecule has 0 radical (unpaired) electrons. The first-order valence-electron chi connectivity index (χ1n) is 7.89. The predicted octanol–water partition coefficient (Wildman–Crippen LogP) is 3.78. The van der Waals surface area contributed by atoms with E-state index in [1.807, 2.05) is 56.3 Å². The summed E-state index contributed by atoms with van der Waals surface area (Å²) in [5.74, 6) is -0.489. The van der Waals surface area contributed by atoms with Gasteiger partial charge in [-0.05, 0) is 65.8 Å². The topological polar surface area (TPSA) is 70.6 Å². The highest BCUT2D eigenvalue weighted by molar-refractivity contribution is 14.1. The van der Waals surface area contributed by atoms with Gasteiger partial charge < -0.3 is 5.32 Å². The molecule has 2 aromatic rings. The number of carbonyl (C=O) groups is 2. The third kappa shape index (κ3) is 6.30. The molecule has 2 aromatic carbocycles. The molecule has 0 spiro atoms. The van der Waals surface area contributed by atoms with Gasteiger partial charge in [0.05, 0.1) is 6.21 Å². The number of hydrogen-bond donors (Lipinski definition) is 2. The summed E-state index contributed by atoms with van der Waals surface area (Å²) in [7, 11) is 0. The number of halogens is 1. The number of hydrogen-bond acceptors (Lipinski definition) is 3. The number of anilines is 1. The maximum Gasteiger partial charge on any atom is 0.240 e. The average molecular weight is 449 g/mol. The molecule has 2 amide bonds. The first-order chi connectivity index (χ1) is 12.0. The molecule has 2 N–H and O–H groups in total. The number of amides is 2. The highest BCUT2D eigenvalue weighted by atomic mass is 127. The Morgan fingerprint density at radius 3 is 2.48 bits per heavy atom. The molecule has 0 heterocycles. The third-order valence-corrected chi connectivity index (χ3v) is 4.65. The van der Waals surface area contributed by atoms with Crippen molar-refractivity contribution < 1.29 is 9.59 Å². The normalized spacial score (nSPS) is 10.7. The van der Waals surface area contributed by atoms with Gasteiger partial charge in [-0.2, -0.15) is 5.10 Å². The van der Waals surface area contributed by atoms with Crippen LogP contribution in [0.4, 0.5) is 5.69 Å². The second-order valence-corrected chi connectivity index (χ2v) is 6.82. The van der Waals surface area contributed by atoms with Crippen LogP contribution in [0.2, 0.25) is 0 Å². The molecule has 0 aliphatic rings. The van der Waals surface area contributed by atoms with E-state index < -0.39 is 0 Å². The predicted molar refractivity (Wildman–Crippen MR) is 109 cm³/mol. The maximum atomic E-state index is 11.9. The Balaban J connectivity index is 1.76. The van der Waals surface area contributed by atoms with E-state index in [0.717, 1.165) is 20.4 Å². The van der Waals surface area contributed by atoms with Crippen molar-refractivity contribution in [3.05, 3.63) is 62.7 Å². The maximum absolute atomic E-state index is 11.9. The monoisotopic (exact) mass is 449 g/mol. The minimum atomic E-state index is -0.294. The van der Waals surface area contributed by atoms with Crippen LogP contribution in [0.15, 0.2) is 47.6 Å². The number of rotatable bonds is 6. The molecule has 0 fully saturated rings. The summed E-state index contributed by atoms with van der Waals surface area (Å²) in [5, 5.41) is 6.72. The molecule has 0 aliphatic heterocycles. The summed E-state index contributed by atoms with van der Waals surface area (Å²) < 4.78 is 1.05. The number of hydrazone groups is 1. The van der Waals surface area contributed by atoms with Crippen LogP contribution < -0.4 is 10.7 Å². The van der Waals surface area contributed by atoms with Gasteiger partial charge in [0.2, 0.25) is 11.8 Å². The van der Waals surface area contributed by atoms with Crippen LogP contribution in [0.1, 0.15) is 29.5 Å². The third-order valence-electron chi connectivity index (χ3n) is 3.67. The highest BCUT2D eigenvalue weighted by Crippen LogP contribution is 2.14. The second-order valence-electron chi connectivity index (χ2n) is 5.66. The van der Waals surface area contributed by atoms with Crippen molar-refractivity contribution in [3.63, 3.8) is 0 Å². The average Bonchev–Trinajstić information content (AvgIpc) is 2.58. The van der Waals surface area contributed by atoms with Gasteiger partial charge in [-0.25, -0.2) is 5.43 Å². The van der Waals surface area contributed by atoms with Crippen molar-refractivity contribution in [2.45, 2.75) is 26.7 Å². The Morgan fingerprint density at radius 1 is 1.04 bits per heavy atom. The van der Waals surface area contributed by atoms with E-state index >= 15 is 0 Å². The molecule has 6 heteroatoms. The van der Waals surface area contributed by atoms with Crippen LogP contribution in [0.5, 0.6) is 0 Å². The zero-order chi connectivity index (χ0) is 18.2. The molecular formula is C19H20IN3O2. The van der Waals surface area contributed by atoms with Crippen molar-refractivity contribution in [1.29, 1.82) is 0 Å². The number of aryl methyl sites for hydroxylation is 2. The minimum Gasteiger partial charge on any atom is -0.326 e. The van der Waals surface area contributed by atoms with Crippen molar-refractivity contribution >= 4 is 46.3 Å². The van der Waals surface area contributed by atoms with Crippen LogP contribution in [0, 0.1) is 17.4 Å². The van der Waals surface area contributed by atoms with E-state index in [2.05, 4.69) is 38.4 Å². The molecule has 0 atom stereocenters.